The molecule has 0 saturated heterocycles. The van der Waals surface area contributed by atoms with E-state index in [2.05, 4.69) is 9.97 Å². The summed E-state index contributed by atoms with van der Waals surface area (Å²) in [6, 6.07) is 12.7. The van der Waals surface area contributed by atoms with Crippen molar-refractivity contribution in [1.82, 2.24) is 9.97 Å². The molecule has 0 spiro atoms. The summed E-state index contributed by atoms with van der Waals surface area (Å²) in [5, 5.41) is 0. The number of rotatable bonds is 4. The average molecular weight is 382 g/mol. The molecular formula is C20H16F2N4S. The van der Waals surface area contributed by atoms with E-state index in [1.165, 1.54) is 35.6 Å². The quantitative estimate of drug-likeness (QED) is 0.551. The van der Waals surface area contributed by atoms with Crippen LogP contribution in [0.1, 0.15) is 21.6 Å². The van der Waals surface area contributed by atoms with E-state index in [4.69, 9.17) is 11.5 Å². The highest BCUT2D eigenvalue weighted by atomic mass is 32.1. The number of hydrogen-bond donors (Lipinski definition) is 2. The Morgan fingerprint density at radius 2 is 1.33 bits per heavy atom. The van der Waals surface area contributed by atoms with Crippen LogP contribution in [0, 0.1) is 11.6 Å². The summed E-state index contributed by atoms with van der Waals surface area (Å²) >= 11 is 1.51. The van der Waals surface area contributed by atoms with Gasteiger partial charge in [-0.1, -0.05) is 24.3 Å². The van der Waals surface area contributed by atoms with Gasteiger partial charge in [0.2, 0.25) is 5.95 Å². The molecule has 2 aromatic carbocycles. The second kappa shape index (κ2) is 6.92. The molecule has 0 saturated carbocycles. The number of nitrogens with two attached hydrogens (primary N) is 2. The van der Waals surface area contributed by atoms with Gasteiger partial charge in [0.05, 0.1) is 10.2 Å². The summed E-state index contributed by atoms with van der Waals surface area (Å²) in [5.41, 5.74) is 15.5. The fourth-order valence-electron chi connectivity index (χ4n) is 3.03. The van der Waals surface area contributed by atoms with Crippen LogP contribution in [0.2, 0.25) is 0 Å². The summed E-state index contributed by atoms with van der Waals surface area (Å²) in [4.78, 5) is 9.49. The standard InChI is InChI=1S/C20H16F2N4S/c21-13-5-1-11(2-6-13)9-15-16(10-12-3-7-14(22)8-4-12)27-18-17(15)25-20(24)26-19(18)23/h1-8H,9-10H2,(H4,23,24,25,26). The first-order valence-electron chi connectivity index (χ1n) is 8.31. The first-order chi connectivity index (χ1) is 13.0. The van der Waals surface area contributed by atoms with Crippen molar-refractivity contribution >= 4 is 33.3 Å². The molecule has 27 heavy (non-hydrogen) atoms. The lowest BCUT2D eigenvalue weighted by atomic mass is 10.0. The highest BCUT2D eigenvalue weighted by Gasteiger charge is 2.18. The van der Waals surface area contributed by atoms with Gasteiger partial charge in [0.15, 0.2) is 0 Å². The Balaban J connectivity index is 1.82. The Morgan fingerprint density at radius 1 is 0.778 bits per heavy atom. The van der Waals surface area contributed by atoms with Crippen LogP contribution < -0.4 is 11.5 Å². The van der Waals surface area contributed by atoms with Gasteiger partial charge in [-0.15, -0.1) is 11.3 Å². The van der Waals surface area contributed by atoms with Gasteiger partial charge in [0, 0.05) is 17.7 Å². The maximum atomic E-state index is 13.2. The lowest BCUT2D eigenvalue weighted by Crippen LogP contribution is -2.00. The monoisotopic (exact) mass is 382 g/mol. The maximum absolute atomic E-state index is 13.2. The van der Waals surface area contributed by atoms with Crippen LogP contribution in [0.4, 0.5) is 20.5 Å². The summed E-state index contributed by atoms with van der Waals surface area (Å²) in [6.07, 6.45) is 1.17. The summed E-state index contributed by atoms with van der Waals surface area (Å²) in [7, 11) is 0. The van der Waals surface area contributed by atoms with Crippen LogP contribution in [0.25, 0.3) is 10.2 Å². The number of hydrogen-bond acceptors (Lipinski definition) is 5. The average Bonchev–Trinajstić information content (AvgIpc) is 2.97. The number of nitrogens with zero attached hydrogens (tertiary/aromatic N) is 2. The van der Waals surface area contributed by atoms with E-state index in [-0.39, 0.29) is 17.6 Å². The molecule has 0 bridgehead atoms. The van der Waals surface area contributed by atoms with Crippen molar-refractivity contribution in [2.24, 2.45) is 0 Å². The normalized spacial score (nSPS) is 11.2. The molecule has 4 N–H and O–H groups in total. The molecule has 2 heterocycles. The zero-order valence-electron chi connectivity index (χ0n) is 14.2. The van der Waals surface area contributed by atoms with E-state index in [0.29, 0.717) is 24.2 Å². The molecule has 0 amide bonds. The Labute approximate surface area is 158 Å². The van der Waals surface area contributed by atoms with Crippen LogP contribution in [0.3, 0.4) is 0 Å². The fourth-order valence-corrected chi connectivity index (χ4v) is 4.22. The van der Waals surface area contributed by atoms with Crippen molar-refractivity contribution in [2.45, 2.75) is 12.8 Å². The molecule has 0 aliphatic carbocycles. The molecule has 0 aliphatic heterocycles. The topological polar surface area (TPSA) is 77.8 Å². The number of anilines is 2. The Bertz CT molecular complexity index is 1110. The minimum Gasteiger partial charge on any atom is -0.382 e. The largest absolute Gasteiger partial charge is 0.382 e. The van der Waals surface area contributed by atoms with Crippen molar-refractivity contribution in [1.29, 1.82) is 0 Å². The molecule has 4 nitrogen and oxygen atoms in total. The van der Waals surface area contributed by atoms with E-state index in [1.807, 2.05) is 0 Å². The number of nitrogen functional groups attached to an aromatic ring is 2. The first kappa shape index (κ1) is 17.4. The molecule has 0 atom stereocenters. The third-order valence-corrected chi connectivity index (χ3v) is 5.57. The molecule has 7 heteroatoms. The van der Waals surface area contributed by atoms with E-state index in [1.54, 1.807) is 24.3 Å². The van der Waals surface area contributed by atoms with Gasteiger partial charge >= 0.3 is 0 Å². The lowest BCUT2D eigenvalue weighted by Gasteiger charge is -2.06. The van der Waals surface area contributed by atoms with Gasteiger partial charge in [-0.25, -0.2) is 13.8 Å². The third kappa shape index (κ3) is 3.59. The van der Waals surface area contributed by atoms with Crippen molar-refractivity contribution in [3.63, 3.8) is 0 Å². The van der Waals surface area contributed by atoms with Crippen LogP contribution in [0.15, 0.2) is 48.5 Å². The minimum atomic E-state index is -0.281. The molecule has 0 radical (unpaired) electrons. The molecule has 4 aromatic rings. The number of fused-ring (bicyclic) bond motifs is 1. The minimum absolute atomic E-state index is 0.117. The van der Waals surface area contributed by atoms with Crippen LogP contribution in [0.5, 0.6) is 0 Å². The molecule has 0 unspecified atom stereocenters. The van der Waals surface area contributed by atoms with Gasteiger partial charge < -0.3 is 11.5 Å². The molecule has 2 aromatic heterocycles. The Morgan fingerprint density at radius 3 is 1.93 bits per heavy atom. The third-order valence-electron chi connectivity index (χ3n) is 4.33. The van der Waals surface area contributed by atoms with E-state index < -0.39 is 0 Å². The van der Waals surface area contributed by atoms with Crippen LogP contribution in [-0.2, 0) is 12.8 Å². The van der Waals surface area contributed by atoms with E-state index >= 15 is 0 Å². The van der Waals surface area contributed by atoms with Gasteiger partial charge in [-0.05, 0) is 41.0 Å². The molecule has 0 aliphatic rings. The molecule has 0 fully saturated rings. The second-order valence-corrected chi connectivity index (χ2v) is 7.36. The van der Waals surface area contributed by atoms with Crippen molar-refractivity contribution < 1.29 is 8.78 Å². The van der Waals surface area contributed by atoms with Crippen molar-refractivity contribution in [2.75, 3.05) is 11.5 Å². The zero-order chi connectivity index (χ0) is 19.0. The predicted octanol–water partition coefficient (Wildman–Crippen LogP) is 4.32. The number of thiophene rings is 1. The zero-order valence-corrected chi connectivity index (χ0v) is 15.1. The SMILES string of the molecule is Nc1nc(N)c2sc(Cc3ccc(F)cc3)c(Cc3ccc(F)cc3)c2n1. The van der Waals surface area contributed by atoms with Gasteiger partial charge in [-0.3, -0.25) is 0 Å². The number of benzene rings is 2. The molecule has 4 rings (SSSR count). The summed E-state index contributed by atoms with van der Waals surface area (Å²) in [5.74, 6) is -0.0968. The van der Waals surface area contributed by atoms with Crippen molar-refractivity contribution in [3.05, 3.63) is 81.7 Å². The molecule has 136 valence electrons. The molecular weight excluding hydrogens is 366 g/mol. The Kier molecular flexibility index (Phi) is 4.45. The van der Waals surface area contributed by atoms with Crippen LogP contribution in [-0.4, -0.2) is 9.97 Å². The van der Waals surface area contributed by atoms with E-state index in [0.717, 1.165) is 26.3 Å². The smallest absolute Gasteiger partial charge is 0.222 e. The highest BCUT2D eigenvalue weighted by molar-refractivity contribution is 7.19. The summed E-state index contributed by atoms with van der Waals surface area (Å²) in [6.45, 7) is 0. The van der Waals surface area contributed by atoms with E-state index in [9.17, 15) is 8.78 Å². The highest BCUT2D eigenvalue weighted by Crippen LogP contribution is 2.36. The van der Waals surface area contributed by atoms with Gasteiger partial charge in [0.25, 0.3) is 0 Å². The fraction of sp³-hybridized carbons (Fsp3) is 0.100. The van der Waals surface area contributed by atoms with Gasteiger partial charge in [-0.2, -0.15) is 4.98 Å². The Hall–Kier alpha value is -3.06. The second-order valence-electron chi connectivity index (χ2n) is 6.26. The summed E-state index contributed by atoms with van der Waals surface area (Å²) < 4.78 is 27.2. The lowest BCUT2D eigenvalue weighted by molar-refractivity contribution is 0.626. The first-order valence-corrected chi connectivity index (χ1v) is 9.13. The van der Waals surface area contributed by atoms with Crippen LogP contribution >= 0.6 is 11.3 Å². The predicted molar refractivity (Wildman–Crippen MR) is 105 cm³/mol. The maximum Gasteiger partial charge on any atom is 0.222 e. The number of halogens is 2. The van der Waals surface area contributed by atoms with Gasteiger partial charge in [0.1, 0.15) is 17.5 Å². The number of aromatic nitrogens is 2. The van der Waals surface area contributed by atoms with Crippen molar-refractivity contribution in [3.8, 4) is 0 Å².